The number of nitrogens with two attached hydrogens (primary N) is 3. The zero-order valence-corrected chi connectivity index (χ0v) is 29.4. The van der Waals surface area contributed by atoms with E-state index >= 15 is 0 Å². The van der Waals surface area contributed by atoms with E-state index in [1.165, 1.54) is 13.8 Å². The van der Waals surface area contributed by atoms with Gasteiger partial charge in [0.1, 0.15) is 0 Å². The van der Waals surface area contributed by atoms with Crippen molar-refractivity contribution in [3.8, 4) is 0 Å². The van der Waals surface area contributed by atoms with E-state index in [1.807, 2.05) is 27.7 Å². The third-order valence-corrected chi connectivity index (χ3v) is 7.85. The molecule has 2 aliphatic rings. The Kier molecular flexibility index (Phi) is 18.9. The highest BCUT2D eigenvalue weighted by Crippen LogP contribution is 2.27. The minimum absolute atomic E-state index is 0.00101. The van der Waals surface area contributed by atoms with Crippen LogP contribution in [0.15, 0.2) is 28.3 Å². The van der Waals surface area contributed by atoms with E-state index in [1.54, 1.807) is 26.0 Å². The number of carbonyl (C=O) groups excluding carboxylic acids is 4. The van der Waals surface area contributed by atoms with Crippen LogP contribution in [0.25, 0.3) is 0 Å². The predicted molar refractivity (Wildman–Crippen MR) is 180 cm³/mol. The number of aliphatic imine (C=N–C) groups is 1. The van der Waals surface area contributed by atoms with Gasteiger partial charge in [-0.25, -0.2) is 14.6 Å². The second-order valence-corrected chi connectivity index (χ2v) is 11.5. The van der Waals surface area contributed by atoms with Crippen LogP contribution in [0.2, 0.25) is 0 Å². The average molecular weight is 667 g/mol. The molecule has 0 aromatic heterocycles. The molecule has 2 rings (SSSR count). The lowest BCUT2D eigenvalue weighted by molar-refractivity contribution is -0.140. The van der Waals surface area contributed by atoms with Crippen LogP contribution in [-0.2, 0) is 38.1 Å². The molecule has 2 aliphatic carbocycles. The molecule has 0 aromatic rings. The molecule has 0 aliphatic heterocycles. The van der Waals surface area contributed by atoms with Crippen molar-refractivity contribution >= 4 is 29.7 Å². The lowest BCUT2D eigenvalue weighted by Gasteiger charge is -2.36. The average Bonchev–Trinajstić information content (AvgIpc) is 3.01. The lowest BCUT2D eigenvalue weighted by Crippen LogP contribution is -2.57. The van der Waals surface area contributed by atoms with Gasteiger partial charge in [-0.1, -0.05) is 27.7 Å². The first-order valence-corrected chi connectivity index (χ1v) is 16.7. The van der Waals surface area contributed by atoms with Gasteiger partial charge in [0.15, 0.2) is 5.96 Å². The van der Waals surface area contributed by atoms with Crippen LogP contribution in [0.5, 0.6) is 0 Å². The summed E-state index contributed by atoms with van der Waals surface area (Å²) in [5.41, 5.74) is 18.2. The summed E-state index contributed by atoms with van der Waals surface area (Å²) in [5.74, 6) is -1.26. The number of amides is 2. The Hall–Kier alpha value is -3.49. The molecule has 0 heterocycles. The van der Waals surface area contributed by atoms with Crippen LogP contribution in [0.4, 0.5) is 0 Å². The number of hydrogen-bond acceptors (Lipinski definition) is 10. The topological polar surface area (TPSA) is 220 Å². The van der Waals surface area contributed by atoms with Crippen molar-refractivity contribution in [1.82, 2.24) is 10.6 Å². The van der Waals surface area contributed by atoms with Crippen LogP contribution in [0, 0.1) is 0 Å². The number of ether oxygens (including phenoxy) is 4. The standard InChI is InChI=1S/C17H30N4O4.C16H28N2O4/c1-5-12(6-2)25-14-9-11(16(23)24-7-3)8-13(21-17(18)19)15(14)20-10(4)22;1-5-12(6-2)22-14-9-11(16(20)21-7-3)8-13(17)15(14)18-10(4)19/h9,12-15H,5-8H2,1-4H3,(H,20,22)(H4,18,19,21);9,12-15H,5-8,17H2,1-4H3,(H,18,19)/t2*13-,14+,15+/m00/s1. The van der Waals surface area contributed by atoms with Gasteiger partial charge < -0.3 is 46.8 Å². The molecule has 8 N–H and O–H groups in total. The minimum Gasteiger partial charge on any atom is -0.463 e. The van der Waals surface area contributed by atoms with E-state index in [9.17, 15) is 19.2 Å². The summed E-state index contributed by atoms with van der Waals surface area (Å²) in [4.78, 5) is 51.4. The van der Waals surface area contributed by atoms with Crippen LogP contribution >= 0.6 is 0 Å². The summed E-state index contributed by atoms with van der Waals surface area (Å²) in [6.45, 7) is 15.1. The number of carbonyl (C=O) groups is 4. The van der Waals surface area contributed by atoms with E-state index in [4.69, 9.17) is 36.1 Å². The maximum atomic E-state index is 12.2. The number of rotatable bonds is 15. The maximum absolute atomic E-state index is 12.2. The van der Waals surface area contributed by atoms with Crippen molar-refractivity contribution < 1.29 is 38.1 Å². The van der Waals surface area contributed by atoms with Crippen LogP contribution in [0.1, 0.15) is 93.9 Å². The summed E-state index contributed by atoms with van der Waals surface area (Å²) in [7, 11) is 0. The SMILES string of the molecule is CCOC(=O)C1=C[C@@H](OC(CC)CC)[C@H](NC(C)=O)[C@@H](N)C1.CCOC(=O)C1=C[C@@H](OC(CC)CC)[C@H](NC(C)=O)[C@@H](N=C(N)N)C1. The van der Waals surface area contributed by atoms with Crippen molar-refractivity contribution in [2.24, 2.45) is 22.2 Å². The van der Waals surface area contributed by atoms with Gasteiger partial charge >= 0.3 is 11.9 Å². The number of esters is 2. The molecule has 14 heteroatoms. The maximum Gasteiger partial charge on any atom is 0.333 e. The number of guanidine groups is 1. The predicted octanol–water partition coefficient (Wildman–Crippen LogP) is 1.89. The summed E-state index contributed by atoms with van der Waals surface area (Å²) in [6.07, 6.45) is 6.57. The molecule has 0 bridgehead atoms. The van der Waals surface area contributed by atoms with Crippen molar-refractivity contribution in [2.75, 3.05) is 13.2 Å². The lowest BCUT2D eigenvalue weighted by atomic mass is 9.88. The highest BCUT2D eigenvalue weighted by atomic mass is 16.5. The number of nitrogens with zero attached hydrogens (tertiary/aromatic N) is 1. The van der Waals surface area contributed by atoms with Gasteiger partial charge in [-0.2, -0.15) is 0 Å². The molecule has 47 heavy (non-hydrogen) atoms. The van der Waals surface area contributed by atoms with Crippen LogP contribution in [-0.4, -0.2) is 91.5 Å². The molecule has 2 amide bonds. The van der Waals surface area contributed by atoms with Crippen molar-refractivity contribution in [2.45, 2.75) is 142 Å². The first-order chi connectivity index (χ1) is 22.2. The van der Waals surface area contributed by atoms with E-state index in [2.05, 4.69) is 15.6 Å². The van der Waals surface area contributed by atoms with Gasteiger partial charge in [-0.3, -0.25) is 9.59 Å². The summed E-state index contributed by atoms with van der Waals surface area (Å²) in [5, 5.41) is 5.69. The van der Waals surface area contributed by atoms with Gasteiger partial charge in [0.25, 0.3) is 0 Å². The van der Waals surface area contributed by atoms with Gasteiger partial charge in [0, 0.05) is 37.5 Å². The van der Waals surface area contributed by atoms with Gasteiger partial charge in [0.05, 0.1) is 55.8 Å². The molecular weight excluding hydrogens is 608 g/mol. The number of nitrogens with one attached hydrogen (secondary N) is 2. The Labute approximate surface area is 279 Å². The van der Waals surface area contributed by atoms with Crippen LogP contribution in [0.3, 0.4) is 0 Å². The Morgan fingerprint density at radius 2 is 1.15 bits per heavy atom. The second-order valence-electron chi connectivity index (χ2n) is 11.5. The molecule has 0 spiro atoms. The first kappa shape index (κ1) is 41.5. The molecule has 0 fully saturated rings. The van der Waals surface area contributed by atoms with Crippen LogP contribution < -0.4 is 27.8 Å². The minimum atomic E-state index is -0.518. The van der Waals surface area contributed by atoms with Crippen molar-refractivity contribution in [3.63, 3.8) is 0 Å². The Morgan fingerprint density at radius 3 is 1.53 bits per heavy atom. The van der Waals surface area contributed by atoms with E-state index in [0.717, 1.165) is 25.7 Å². The Bertz CT molecular complexity index is 1110. The van der Waals surface area contributed by atoms with E-state index < -0.39 is 30.3 Å². The third-order valence-electron chi connectivity index (χ3n) is 7.85. The summed E-state index contributed by atoms with van der Waals surface area (Å²) in [6, 6.07) is -1.68. The van der Waals surface area contributed by atoms with Gasteiger partial charge in [-0.05, 0) is 58.1 Å². The molecule has 14 nitrogen and oxygen atoms in total. The normalized spacial score (nSPS) is 23.8. The van der Waals surface area contributed by atoms with E-state index in [0.29, 0.717) is 24.2 Å². The Balaban J connectivity index is 0.000000474. The summed E-state index contributed by atoms with van der Waals surface area (Å²) >= 11 is 0. The van der Waals surface area contributed by atoms with Crippen molar-refractivity contribution in [3.05, 3.63) is 23.3 Å². The molecule has 6 atom stereocenters. The highest BCUT2D eigenvalue weighted by molar-refractivity contribution is 5.90. The Morgan fingerprint density at radius 1 is 0.745 bits per heavy atom. The molecule has 0 saturated heterocycles. The fourth-order valence-electron chi connectivity index (χ4n) is 5.49. The third kappa shape index (κ3) is 14.0. The molecular formula is C33H58N6O8. The smallest absolute Gasteiger partial charge is 0.333 e. The molecule has 0 radical (unpaired) electrons. The second kappa shape index (κ2) is 21.4. The fourth-order valence-corrected chi connectivity index (χ4v) is 5.49. The van der Waals surface area contributed by atoms with Gasteiger partial charge in [0.2, 0.25) is 11.8 Å². The molecule has 0 unspecified atom stereocenters. The fraction of sp³-hybridized carbons (Fsp3) is 0.727. The summed E-state index contributed by atoms with van der Waals surface area (Å²) < 4.78 is 22.3. The zero-order chi connectivity index (χ0) is 35.7. The monoisotopic (exact) mass is 666 g/mol. The largest absolute Gasteiger partial charge is 0.463 e. The van der Waals surface area contributed by atoms with Crippen molar-refractivity contribution in [1.29, 1.82) is 0 Å². The first-order valence-electron chi connectivity index (χ1n) is 16.7. The molecule has 0 saturated carbocycles. The number of hydrogen-bond donors (Lipinski definition) is 5. The zero-order valence-electron chi connectivity index (χ0n) is 29.4. The molecule has 0 aromatic carbocycles. The highest BCUT2D eigenvalue weighted by Gasteiger charge is 2.38. The van der Waals surface area contributed by atoms with E-state index in [-0.39, 0.29) is 61.1 Å². The van der Waals surface area contributed by atoms with Gasteiger partial charge in [-0.15, -0.1) is 0 Å². The quantitative estimate of drug-likeness (QED) is 0.0965. The molecule has 268 valence electrons.